The Morgan fingerprint density at radius 2 is 1.73 bits per heavy atom. The van der Waals surface area contributed by atoms with Crippen molar-refractivity contribution in [3.8, 4) is 0 Å². The molecule has 22 heavy (non-hydrogen) atoms. The number of carbonyl (C=O) groups is 1. The largest absolute Gasteiger partial charge is 0.309 e. The maximum Gasteiger partial charge on any atom is 0.275 e. The van der Waals surface area contributed by atoms with Gasteiger partial charge in [-0.1, -0.05) is 42.5 Å². The van der Waals surface area contributed by atoms with Gasteiger partial charge in [-0.2, -0.15) is 0 Å². The first kappa shape index (κ1) is 14.2. The average Bonchev–Trinajstić information content (AvgIpc) is 2.89. The second kappa shape index (κ2) is 6.35. The summed E-state index contributed by atoms with van der Waals surface area (Å²) < 4.78 is 12.9. The lowest BCUT2D eigenvalue weighted by Crippen LogP contribution is -2.24. The maximum absolute atomic E-state index is 12.9. The third kappa shape index (κ3) is 3.47. The Hall–Kier alpha value is -2.75. The molecule has 0 bridgehead atoms. The van der Waals surface area contributed by atoms with Crippen LogP contribution in [-0.4, -0.2) is 11.7 Å². The molecular formula is C18H15FN2O. The maximum atomic E-state index is 12.9. The van der Waals surface area contributed by atoms with Crippen molar-refractivity contribution in [2.24, 2.45) is 4.99 Å². The van der Waals surface area contributed by atoms with Crippen LogP contribution in [-0.2, 0) is 11.2 Å². The van der Waals surface area contributed by atoms with E-state index in [0.29, 0.717) is 18.0 Å². The van der Waals surface area contributed by atoms with Crippen LogP contribution in [0, 0.1) is 5.82 Å². The van der Waals surface area contributed by atoms with E-state index in [2.05, 4.69) is 10.3 Å². The number of amidine groups is 1. The molecule has 3 rings (SSSR count). The summed E-state index contributed by atoms with van der Waals surface area (Å²) in [6, 6.07) is 16.0. The highest BCUT2D eigenvalue weighted by atomic mass is 19.1. The number of aryl methyl sites for hydroxylation is 1. The molecule has 0 atom stereocenters. The Bertz CT molecular complexity index is 733. The summed E-state index contributed by atoms with van der Waals surface area (Å²) in [5.74, 6) is 0.152. The van der Waals surface area contributed by atoms with E-state index < -0.39 is 0 Å². The molecule has 1 amide bonds. The van der Waals surface area contributed by atoms with Crippen molar-refractivity contribution in [2.45, 2.75) is 12.8 Å². The van der Waals surface area contributed by atoms with Crippen LogP contribution in [0.25, 0.3) is 6.08 Å². The zero-order chi connectivity index (χ0) is 15.4. The number of halogens is 1. The number of nitrogens with zero attached hydrogens (tertiary/aromatic N) is 1. The highest BCUT2D eigenvalue weighted by molar-refractivity contribution is 6.14. The summed E-state index contributed by atoms with van der Waals surface area (Å²) in [6.45, 7) is 0. The van der Waals surface area contributed by atoms with Crippen molar-refractivity contribution in [3.05, 3.63) is 77.2 Å². The highest BCUT2D eigenvalue weighted by Gasteiger charge is 2.19. The predicted molar refractivity (Wildman–Crippen MR) is 84.7 cm³/mol. The fourth-order valence-electron chi connectivity index (χ4n) is 2.26. The molecule has 1 aliphatic rings. The van der Waals surface area contributed by atoms with Crippen LogP contribution in [0.4, 0.5) is 4.39 Å². The van der Waals surface area contributed by atoms with E-state index in [0.717, 1.165) is 12.0 Å². The first-order chi connectivity index (χ1) is 10.7. The molecule has 0 aliphatic carbocycles. The van der Waals surface area contributed by atoms with Crippen molar-refractivity contribution in [1.82, 2.24) is 5.32 Å². The molecule has 0 saturated heterocycles. The molecular weight excluding hydrogens is 279 g/mol. The smallest absolute Gasteiger partial charge is 0.275 e. The third-order valence-corrected chi connectivity index (χ3v) is 3.41. The van der Waals surface area contributed by atoms with Gasteiger partial charge in [-0.15, -0.1) is 0 Å². The number of hydrogen-bond donors (Lipinski definition) is 1. The number of amides is 1. The standard InChI is InChI=1S/C18H15FN2O/c19-15-9-6-14(7-10-15)12-16-18(22)21-17(20-16)11-8-13-4-2-1-3-5-13/h1-7,9-10,12H,8,11H2,(H,20,21,22)/b16-12+. The molecule has 3 nitrogen and oxygen atoms in total. The van der Waals surface area contributed by atoms with Crippen molar-refractivity contribution < 1.29 is 9.18 Å². The van der Waals surface area contributed by atoms with Gasteiger partial charge in [0, 0.05) is 6.42 Å². The van der Waals surface area contributed by atoms with E-state index >= 15 is 0 Å². The van der Waals surface area contributed by atoms with Gasteiger partial charge in [0.15, 0.2) is 0 Å². The van der Waals surface area contributed by atoms with Gasteiger partial charge in [0.1, 0.15) is 17.3 Å². The van der Waals surface area contributed by atoms with E-state index in [1.54, 1.807) is 18.2 Å². The second-order valence-electron chi connectivity index (χ2n) is 5.08. The number of carbonyl (C=O) groups excluding carboxylic acids is 1. The summed E-state index contributed by atoms with van der Waals surface area (Å²) in [5, 5.41) is 2.77. The van der Waals surface area contributed by atoms with E-state index in [1.165, 1.54) is 17.7 Å². The molecule has 2 aromatic carbocycles. The van der Waals surface area contributed by atoms with Crippen LogP contribution in [0.2, 0.25) is 0 Å². The normalized spacial score (nSPS) is 15.8. The molecule has 0 unspecified atom stereocenters. The average molecular weight is 294 g/mol. The van der Waals surface area contributed by atoms with Crippen molar-refractivity contribution in [3.63, 3.8) is 0 Å². The van der Waals surface area contributed by atoms with Crippen LogP contribution in [0.5, 0.6) is 0 Å². The molecule has 2 aromatic rings. The number of hydrogen-bond acceptors (Lipinski definition) is 2. The Morgan fingerprint density at radius 3 is 2.45 bits per heavy atom. The summed E-state index contributed by atoms with van der Waals surface area (Å²) in [4.78, 5) is 16.2. The minimum atomic E-state index is -0.301. The number of rotatable bonds is 4. The first-order valence-corrected chi connectivity index (χ1v) is 7.11. The summed E-state index contributed by atoms with van der Waals surface area (Å²) in [7, 11) is 0. The van der Waals surface area contributed by atoms with Gasteiger partial charge in [-0.25, -0.2) is 9.38 Å². The van der Waals surface area contributed by atoms with Gasteiger partial charge in [-0.3, -0.25) is 4.79 Å². The molecule has 0 spiro atoms. The molecule has 0 saturated carbocycles. The second-order valence-corrected chi connectivity index (χ2v) is 5.08. The van der Waals surface area contributed by atoms with Crippen LogP contribution < -0.4 is 5.32 Å². The molecule has 4 heteroatoms. The van der Waals surface area contributed by atoms with Crippen molar-refractivity contribution in [2.75, 3.05) is 0 Å². The Morgan fingerprint density at radius 1 is 1.00 bits per heavy atom. The summed E-state index contributed by atoms with van der Waals surface area (Å²) in [5.41, 5.74) is 2.31. The number of aliphatic imine (C=N–C) groups is 1. The van der Waals surface area contributed by atoms with Gasteiger partial charge in [-0.05, 0) is 35.8 Å². The Kier molecular flexibility index (Phi) is 4.10. The quantitative estimate of drug-likeness (QED) is 0.863. The SMILES string of the molecule is O=C1NC(CCc2ccccc2)=N/C1=C/c1ccc(F)cc1. The monoisotopic (exact) mass is 294 g/mol. The minimum Gasteiger partial charge on any atom is -0.309 e. The van der Waals surface area contributed by atoms with Gasteiger partial charge >= 0.3 is 0 Å². The topological polar surface area (TPSA) is 41.5 Å². The van der Waals surface area contributed by atoms with Crippen LogP contribution in [0.15, 0.2) is 65.3 Å². The van der Waals surface area contributed by atoms with Gasteiger partial charge < -0.3 is 5.32 Å². The van der Waals surface area contributed by atoms with Crippen LogP contribution in [0.1, 0.15) is 17.5 Å². The minimum absolute atomic E-state index is 0.215. The molecule has 110 valence electrons. The van der Waals surface area contributed by atoms with E-state index in [-0.39, 0.29) is 11.7 Å². The van der Waals surface area contributed by atoms with E-state index in [4.69, 9.17) is 0 Å². The predicted octanol–water partition coefficient (Wildman–Crippen LogP) is 3.33. The lowest BCUT2D eigenvalue weighted by atomic mass is 10.1. The van der Waals surface area contributed by atoms with Crippen LogP contribution in [0.3, 0.4) is 0 Å². The molecule has 1 N–H and O–H groups in total. The fraction of sp³-hybridized carbons (Fsp3) is 0.111. The highest BCUT2D eigenvalue weighted by Crippen LogP contribution is 2.14. The van der Waals surface area contributed by atoms with E-state index in [9.17, 15) is 9.18 Å². The zero-order valence-corrected chi connectivity index (χ0v) is 11.9. The van der Waals surface area contributed by atoms with Crippen molar-refractivity contribution in [1.29, 1.82) is 0 Å². The third-order valence-electron chi connectivity index (χ3n) is 3.41. The van der Waals surface area contributed by atoms with Gasteiger partial charge in [0.2, 0.25) is 0 Å². The van der Waals surface area contributed by atoms with Gasteiger partial charge in [0.25, 0.3) is 5.91 Å². The lowest BCUT2D eigenvalue weighted by Gasteiger charge is -2.00. The Labute approximate surface area is 128 Å². The number of nitrogens with one attached hydrogen (secondary N) is 1. The molecule has 1 aliphatic heterocycles. The Balaban J connectivity index is 1.70. The summed E-state index contributed by atoms with van der Waals surface area (Å²) in [6.07, 6.45) is 3.16. The summed E-state index contributed by atoms with van der Waals surface area (Å²) >= 11 is 0. The first-order valence-electron chi connectivity index (χ1n) is 7.11. The molecule has 1 heterocycles. The molecule has 0 aromatic heterocycles. The van der Waals surface area contributed by atoms with Gasteiger partial charge in [0.05, 0.1) is 0 Å². The number of benzene rings is 2. The fourth-order valence-corrected chi connectivity index (χ4v) is 2.26. The molecule has 0 radical (unpaired) electrons. The van der Waals surface area contributed by atoms with Crippen molar-refractivity contribution >= 4 is 17.8 Å². The lowest BCUT2D eigenvalue weighted by molar-refractivity contribution is -0.115. The van der Waals surface area contributed by atoms with E-state index in [1.807, 2.05) is 30.3 Å². The molecule has 0 fully saturated rings. The van der Waals surface area contributed by atoms with Crippen LogP contribution >= 0.6 is 0 Å². The zero-order valence-electron chi connectivity index (χ0n) is 11.9.